The zero-order chi connectivity index (χ0) is 17.2. The molecular formula is C17H18N2O4. The Hall–Kier alpha value is -2.86. The first-order chi connectivity index (χ1) is 10.7. The van der Waals surface area contributed by atoms with Gasteiger partial charge in [-0.25, -0.2) is 4.79 Å². The highest BCUT2D eigenvalue weighted by Crippen LogP contribution is 2.21. The van der Waals surface area contributed by atoms with Crippen molar-refractivity contribution >= 4 is 23.1 Å². The normalized spacial score (nSPS) is 11.1. The van der Waals surface area contributed by atoms with Gasteiger partial charge in [-0.15, -0.1) is 0 Å². The standard InChI is InChI=1S/C17H18N2O4/c1-17(2,22)15(20)10-3-6-12(7-4-10)23-16(21)13-9-11(18)5-8-14(13)19/h3-9,22H,18-19H2,1-2H3. The van der Waals surface area contributed by atoms with E-state index in [1.54, 1.807) is 6.07 Å². The molecular weight excluding hydrogens is 296 g/mol. The van der Waals surface area contributed by atoms with Gasteiger partial charge in [0.2, 0.25) is 0 Å². The Labute approximate surface area is 133 Å². The van der Waals surface area contributed by atoms with Crippen molar-refractivity contribution in [3.8, 4) is 5.75 Å². The highest BCUT2D eigenvalue weighted by atomic mass is 16.5. The van der Waals surface area contributed by atoms with E-state index in [2.05, 4.69) is 0 Å². The number of Topliss-reactive ketones (excluding diaryl/α,β-unsaturated/α-hetero) is 1. The molecule has 0 bridgehead atoms. The number of nitrogen functional groups attached to an aromatic ring is 2. The van der Waals surface area contributed by atoms with Crippen molar-refractivity contribution in [3.05, 3.63) is 53.6 Å². The Balaban J connectivity index is 2.16. The van der Waals surface area contributed by atoms with E-state index < -0.39 is 17.4 Å². The van der Waals surface area contributed by atoms with E-state index in [-0.39, 0.29) is 17.0 Å². The molecule has 2 aromatic rings. The van der Waals surface area contributed by atoms with Crippen LogP contribution in [-0.2, 0) is 0 Å². The van der Waals surface area contributed by atoms with Crippen molar-refractivity contribution in [2.75, 3.05) is 11.5 Å². The van der Waals surface area contributed by atoms with Crippen LogP contribution in [0.15, 0.2) is 42.5 Å². The van der Waals surface area contributed by atoms with Gasteiger partial charge >= 0.3 is 5.97 Å². The quantitative estimate of drug-likeness (QED) is 0.344. The molecule has 0 atom stereocenters. The number of carbonyl (C=O) groups excluding carboxylic acids is 2. The Bertz CT molecular complexity index is 746. The minimum Gasteiger partial charge on any atom is -0.423 e. The van der Waals surface area contributed by atoms with Gasteiger partial charge in [-0.1, -0.05) is 0 Å². The molecule has 0 saturated carbocycles. The Morgan fingerprint density at radius 3 is 2.22 bits per heavy atom. The molecule has 2 rings (SSSR count). The van der Waals surface area contributed by atoms with Gasteiger partial charge in [-0.2, -0.15) is 0 Å². The van der Waals surface area contributed by atoms with Crippen LogP contribution in [0.4, 0.5) is 11.4 Å². The van der Waals surface area contributed by atoms with Crippen molar-refractivity contribution in [3.63, 3.8) is 0 Å². The molecule has 0 aliphatic heterocycles. The number of ether oxygens (including phenoxy) is 1. The lowest BCUT2D eigenvalue weighted by Crippen LogP contribution is -2.30. The van der Waals surface area contributed by atoms with Crippen molar-refractivity contribution in [1.29, 1.82) is 0 Å². The molecule has 0 unspecified atom stereocenters. The first-order valence-corrected chi connectivity index (χ1v) is 6.93. The fraction of sp³-hybridized carbons (Fsp3) is 0.176. The molecule has 0 radical (unpaired) electrons. The van der Waals surface area contributed by atoms with E-state index in [0.29, 0.717) is 11.3 Å². The monoisotopic (exact) mass is 314 g/mol. The summed E-state index contributed by atoms with van der Waals surface area (Å²) in [6.45, 7) is 2.82. The molecule has 0 saturated heterocycles. The molecule has 0 aliphatic rings. The number of carbonyl (C=O) groups is 2. The van der Waals surface area contributed by atoms with Crippen LogP contribution >= 0.6 is 0 Å². The largest absolute Gasteiger partial charge is 0.423 e. The lowest BCUT2D eigenvalue weighted by Gasteiger charge is -2.15. The highest BCUT2D eigenvalue weighted by Gasteiger charge is 2.25. The van der Waals surface area contributed by atoms with Gasteiger partial charge < -0.3 is 21.3 Å². The molecule has 6 nitrogen and oxygen atoms in total. The molecule has 0 fully saturated rings. The van der Waals surface area contributed by atoms with Crippen LogP contribution in [0.1, 0.15) is 34.6 Å². The van der Waals surface area contributed by atoms with Crippen LogP contribution in [-0.4, -0.2) is 22.5 Å². The van der Waals surface area contributed by atoms with Crippen LogP contribution in [0.3, 0.4) is 0 Å². The average Bonchev–Trinajstić information content (AvgIpc) is 2.48. The molecule has 0 aliphatic carbocycles. The smallest absolute Gasteiger partial charge is 0.345 e. The predicted octanol–water partition coefficient (Wildman–Crippen LogP) is 2.02. The third-order valence-electron chi connectivity index (χ3n) is 3.18. The molecule has 0 amide bonds. The minimum absolute atomic E-state index is 0.168. The summed E-state index contributed by atoms with van der Waals surface area (Å²) in [5.74, 6) is -0.809. The average molecular weight is 314 g/mol. The molecule has 0 spiro atoms. The fourth-order valence-corrected chi connectivity index (χ4v) is 1.94. The van der Waals surface area contributed by atoms with E-state index in [1.165, 1.54) is 50.2 Å². The van der Waals surface area contributed by atoms with Crippen molar-refractivity contribution in [2.24, 2.45) is 0 Å². The number of esters is 1. The molecule has 0 heterocycles. The molecule has 120 valence electrons. The summed E-state index contributed by atoms with van der Waals surface area (Å²) in [6.07, 6.45) is 0. The van der Waals surface area contributed by atoms with Gasteiger partial charge in [0.15, 0.2) is 5.78 Å². The third-order valence-corrected chi connectivity index (χ3v) is 3.18. The van der Waals surface area contributed by atoms with Crippen LogP contribution in [0.25, 0.3) is 0 Å². The number of aliphatic hydroxyl groups is 1. The second-order valence-corrected chi connectivity index (χ2v) is 5.65. The summed E-state index contributed by atoms with van der Waals surface area (Å²) in [5.41, 5.74) is 11.0. The van der Waals surface area contributed by atoms with Gasteiger partial charge in [-0.3, -0.25) is 4.79 Å². The number of anilines is 2. The Kier molecular flexibility index (Phi) is 4.38. The second-order valence-electron chi connectivity index (χ2n) is 5.65. The number of rotatable bonds is 4. The summed E-state index contributed by atoms with van der Waals surface area (Å²) >= 11 is 0. The summed E-state index contributed by atoms with van der Waals surface area (Å²) in [7, 11) is 0. The van der Waals surface area contributed by atoms with Crippen LogP contribution < -0.4 is 16.2 Å². The van der Waals surface area contributed by atoms with Crippen LogP contribution in [0.5, 0.6) is 5.75 Å². The molecule has 2 aromatic carbocycles. The lowest BCUT2D eigenvalue weighted by molar-refractivity contribution is 0.0488. The van der Waals surface area contributed by atoms with Crippen molar-refractivity contribution in [1.82, 2.24) is 0 Å². The summed E-state index contributed by atoms with van der Waals surface area (Å²) in [6, 6.07) is 10.4. The number of hydrogen-bond acceptors (Lipinski definition) is 6. The highest BCUT2D eigenvalue weighted by molar-refractivity contribution is 6.02. The predicted molar refractivity (Wildman–Crippen MR) is 87.3 cm³/mol. The molecule has 6 heteroatoms. The van der Waals surface area contributed by atoms with E-state index in [9.17, 15) is 14.7 Å². The van der Waals surface area contributed by atoms with Crippen LogP contribution in [0.2, 0.25) is 0 Å². The molecule has 23 heavy (non-hydrogen) atoms. The van der Waals surface area contributed by atoms with Gasteiger partial charge in [0.25, 0.3) is 0 Å². The number of hydrogen-bond donors (Lipinski definition) is 3. The Morgan fingerprint density at radius 1 is 1.04 bits per heavy atom. The maximum atomic E-state index is 12.1. The lowest BCUT2D eigenvalue weighted by atomic mass is 9.97. The van der Waals surface area contributed by atoms with E-state index in [4.69, 9.17) is 16.2 Å². The number of benzene rings is 2. The van der Waals surface area contributed by atoms with Gasteiger partial charge in [0.1, 0.15) is 11.4 Å². The van der Waals surface area contributed by atoms with Crippen LogP contribution in [0, 0.1) is 0 Å². The van der Waals surface area contributed by atoms with Crippen molar-refractivity contribution < 1.29 is 19.4 Å². The maximum Gasteiger partial charge on any atom is 0.345 e. The zero-order valence-electron chi connectivity index (χ0n) is 12.9. The summed E-state index contributed by atoms with van der Waals surface area (Å²) < 4.78 is 5.21. The number of nitrogens with two attached hydrogens (primary N) is 2. The van der Waals surface area contributed by atoms with E-state index in [1.807, 2.05) is 0 Å². The third kappa shape index (κ3) is 3.87. The first kappa shape index (κ1) is 16.5. The number of ketones is 1. The molecule has 0 aromatic heterocycles. The van der Waals surface area contributed by atoms with Gasteiger partial charge in [-0.05, 0) is 56.3 Å². The van der Waals surface area contributed by atoms with Crippen molar-refractivity contribution in [2.45, 2.75) is 19.4 Å². The van der Waals surface area contributed by atoms with Gasteiger partial charge in [0, 0.05) is 16.9 Å². The SMILES string of the molecule is CC(C)(O)C(=O)c1ccc(OC(=O)c2cc(N)ccc2N)cc1. The van der Waals surface area contributed by atoms with E-state index >= 15 is 0 Å². The second kappa shape index (κ2) is 6.10. The van der Waals surface area contributed by atoms with E-state index in [0.717, 1.165) is 0 Å². The zero-order valence-corrected chi connectivity index (χ0v) is 12.9. The topological polar surface area (TPSA) is 116 Å². The minimum atomic E-state index is -1.46. The fourth-order valence-electron chi connectivity index (χ4n) is 1.94. The summed E-state index contributed by atoms with van der Waals surface area (Å²) in [4.78, 5) is 24.0. The summed E-state index contributed by atoms with van der Waals surface area (Å²) in [5, 5.41) is 9.70. The van der Waals surface area contributed by atoms with Gasteiger partial charge in [0.05, 0.1) is 5.56 Å². The first-order valence-electron chi connectivity index (χ1n) is 6.93. The molecule has 5 N–H and O–H groups in total. The Morgan fingerprint density at radius 2 is 1.65 bits per heavy atom. The maximum absolute atomic E-state index is 12.1.